The van der Waals surface area contributed by atoms with Gasteiger partial charge in [-0.3, -0.25) is 4.79 Å². The number of carbonyl (C=O) groups excluding carboxylic acids is 1. The Morgan fingerprint density at radius 3 is 2.74 bits per heavy atom. The van der Waals surface area contributed by atoms with Gasteiger partial charge in [0, 0.05) is 13.0 Å². The number of aromatic nitrogens is 3. The lowest BCUT2D eigenvalue weighted by atomic mass is 10.1. The molecule has 4 rings (SSSR count). The van der Waals surface area contributed by atoms with Crippen molar-refractivity contribution >= 4 is 5.91 Å². The van der Waals surface area contributed by atoms with Crippen molar-refractivity contribution < 1.29 is 9.53 Å². The second-order valence-corrected chi connectivity index (χ2v) is 6.17. The predicted octanol–water partition coefficient (Wildman–Crippen LogP) is 1.91. The lowest BCUT2D eigenvalue weighted by Crippen LogP contribution is -2.56. The van der Waals surface area contributed by atoms with Crippen molar-refractivity contribution in [2.45, 2.75) is 38.3 Å². The molecule has 1 aromatic carbocycles. The zero-order valence-corrected chi connectivity index (χ0v) is 13.0. The van der Waals surface area contributed by atoms with Gasteiger partial charge in [0.15, 0.2) is 0 Å². The molecule has 0 N–H and O–H groups in total. The first-order valence-electron chi connectivity index (χ1n) is 8.24. The van der Waals surface area contributed by atoms with Crippen molar-refractivity contribution in [3.8, 4) is 5.75 Å². The number of carbonyl (C=O) groups is 1. The van der Waals surface area contributed by atoms with E-state index < -0.39 is 0 Å². The summed E-state index contributed by atoms with van der Waals surface area (Å²) in [5.41, 5.74) is 0. The van der Waals surface area contributed by atoms with Gasteiger partial charge in [0.2, 0.25) is 5.82 Å². The van der Waals surface area contributed by atoms with Gasteiger partial charge in [0.25, 0.3) is 5.91 Å². The molecule has 0 bridgehead atoms. The molecule has 1 fully saturated rings. The fraction of sp³-hybridized carbons (Fsp3) is 0.471. The Morgan fingerprint density at radius 1 is 1.09 bits per heavy atom. The van der Waals surface area contributed by atoms with Gasteiger partial charge in [0.1, 0.15) is 17.7 Å². The molecule has 6 heteroatoms. The van der Waals surface area contributed by atoms with E-state index >= 15 is 0 Å². The zero-order chi connectivity index (χ0) is 15.6. The number of likely N-dealkylation sites (tertiary alicyclic amines) is 1. The van der Waals surface area contributed by atoms with Crippen LogP contribution in [0.2, 0.25) is 0 Å². The predicted molar refractivity (Wildman–Crippen MR) is 84.3 cm³/mol. The van der Waals surface area contributed by atoms with Gasteiger partial charge in [-0.25, -0.2) is 0 Å². The number of rotatable bonds is 3. The minimum Gasteiger partial charge on any atom is -0.487 e. The number of hydrogen-bond donors (Lipinski definition) is 0. The molecule has 6 nitrogen and oxygen atoms in total. The fourth-order valence-corrected chi connectivity index (χ4v) is 3.15. The van der Waals surface area contributed by atoms with E-state index in [0.29, 0.717) is 18.9 Å². The van der Waals surface area contributed by atoms with Gasteiger partial charge in [-0.05, 0) is 25.0 Å². The molecule has 2 aliphatic heterocycles. The summed E-state index contributed by atoms with van der Waals surface area (Å²) in [6, 6.07) is 9.72. The van der Waals surface area contributed by atoms with Crippen LogP contribution in [0, 0.1) is 0 Å². The molecule has 2 aromatic rings. The fourth-order valence-electron chi connectivity index (χ4n) is 3.15. The molecular weight excluding hydrogens is 292 g/mol. The number of hydrogen-bond acceptors (Lipinski definition) is 4. The van der Waals surface area contributed by atoms with Crippen LogP contribution in [0.5, 0.6) is 5.75 Å². The van der Waals surface area contributed by atoms with Gasteiger partial charge >= 0.3 is 0 Å². The number of para-hydroxylation sites is 1. The average molecular weight is 312 g/mol. The smallest absolute Gasteiger partial charge is 0.292 e. The molecule has 3 heterocycles. The molecule has 0 atom stereocenters. The van der Waals surface area contributed by atoms with E-state index in [1.807, 2.05) is 34.9 Å². The second-order valence-electron chi connectivity index (χ2n) is 6.17. The summed E-state index contributed by atoms with van der Waals surface area (Å²) in [4.78, 5) is 14.4. The first kappa shape index (κ1) is 14.2. The lowest BCUT2D eigenvalue weighted by Gasteiger charge is -2.38. The Morgan fingerprint density at radius 2 is 1.91 bits per heavy atom. The Hall–Kier alpha value is -2.37. The summed E-state index contributed by atoms with van der Waals surface area (Å²) in [6.45, 7) is 2.06. The molecule has 1 aromatic heterocycles. The topological polar surface area (TPSA) is 60.2 Å². The molecule has 0 saturated carbocycles. The van der Waals surface area contributed by atoms with Crippen molar-refractivity contribution in [1.82, 2.24) is 19.7 Å². The first-order valence-corrected chi connectivity index (χ1v) is 8.24. The molecule has 1 amide bonds. The standard InChI is InChI=1S/C17H20N4O2/c22-17(16-19-18-15-9-5-2-6-10-21(15)16)20-11-14(12-20)23-13-7-3-1-4-8-13/h1,3-4,7-8,14H,2,5-6,9-12H2. The van der Waals surface area contributed by atoms with Crippen LogP contribution in [0.25, 0.3) is 0 Å². The molecular formula is C17H20N4O2. The maximum atomic E-state index is 12.6. The third kappa shape index (κ3) is 2.81. The minimum absolute atomic E-state index is 0.0291. The summed E-state index contributed by atoms with van der Waals surface area (Å²) in [7, 11) is 0. The SMILES string of the molecule is O=C(c1nnc2n1CCCCC2)N1CC(Oc2ccccc2)C1. The highest BCUT2D eigenvalue weighted by Crippen LogP contribution is 2.21. The maximum Gasteiger partial charge on any atom is 0.292 e. The molecule has 0 spiro atoms. The van der Waals surface area contributed by atoms with Crippen LogP contribution in [0.3, 0.4) is 0 Å². The minimum atomic E-state index is -0.0291. The summed E-state index contributed by atoms with van der Waals surface area (Å²) in [5, 5.41) is 8.33. The summed E-state index contributed by atoms with van der Waals surface area (Å²) >= 11 is 0. The number of amides is 1. The van der Waals surface area contributed by atoms with Crippen molar-refractivity contribution in [3.63, 3.8) is 0 Å². The Bertz CT molecular complexity index is 692. The van der Waals surface area contributed by atoms with Crippen molar-refractivity contribution in [2.24, 2.45) is 0 Å². The molecule has 0 aliphatic carbocycles. The van der Waals surface area contributed by atoms with Gasteiger partial charge in [-0.15, -0.1) is 10.2 Å². The third-order valence-corrected chi connectivity index (χ3v) is 4.48. The van der Waals surface area contributed by atoms with Crippen molar-refractivity contribution in [2.75, 3.05) is 13.1 Å². The van der Waals surface area contributed by atoms with Crippen LogP contribution < -0.4 is 4.74 Å². The van der Waals surface area contributed by atoms with Crippen LogP contribution in [0.1, 0.15) is 35.7 Å². The molecule has 1 saturated heterocycles. The Labute approximate surface area is 135 Å². The van der Waals surface area contributed by atoms with Crippen LogP contribution in [0.15, 0.2) is 30.3 Å². The molecule has 0 unspecified atom stereocenters. The van der Waals surface area contributed by atoms with Gasteiger partial charge in [-0.2, -0.15) is 0 Å². The molecule has 2 aliphatic rings. The molecule has 120 valence electrons. The number of benzene rings is 1. The van der Waals surface area contributed by atoms with E-state index in [-0.39, 0.29) is 12.0 Å². The normalized spacial score (nSPS) is 18.0. The highest BCUT2D eigenvalue weighted by Gasteiger charge is 2.35. The molecule has 23 heavy (non-hydrogen) atoms. The van der Waals surface area contributed by atoms with Crippen LogP contribution in [-0.4, -0.2) is 44.8 Å². The third-order valence-electron chi connectivity index (χ3n) is 4.48. The summed E-state index contributed by atoms with van der Waals surface area (Å²) in [5.74, 6) is 2.25. The van der Waals surface area contributed by atoms with E-state index in [1.165, 1.54) is 6.42 Å². The zero-order valence-electron chi connectivity index (χ0n) is 13.0. The Kier molecular flexibility index (Phi) is 3.73. The average Bonchev–Trinajstić information content (AvgIpc) is 2.79. The number of nitrogens with zero attached hydrogens (tertiary/aromatic N) is 4. The number of aryl methyl sites for hydroxylation is 1. The van der Waals surface area contributed by atoms with Crippen LogP contribution >= 0.6 is 0 Å². The Balaban J connectivity index is 1.39. The first-order chi connectivity index (χ1) is 11.3. The van der Waals surface area contributed by atoms with Crippen LogP contribution in [-0.2, 0) is 13.0 Å². The van der Waals surface area contributed by atoms with E-state index in [9.17, 15) is 4.79 Å². The second kappa shape index (κ2) is 6.02. The maximum absolute atomic E-state index is 12.6. The van der Waals surface area contributed by atoms with E-state index in [2.05, 4.69) is 10.2 Å². The quantitative estimate of drug-likeness (QED) is 0.868. The van der Waals surface area contributed by atoms with Crippen molar-refractivity contribution in [3.05, 3.63) is 42.0 Å². The van der Waals surface area contributed by atoms with Crippen molar-refractivity contribution in [1.29, 1.82) is 0 Å². The van der Waals surface area contributed by atoms with Gasteiger partial charge in [-0.1, -0.05) is 24.6 Å². The van der Waals surface area contributed by atoms with E-state index in [1.54, 1.807) is 4.90 Å². The van der Waals surface area contributed by atoms with E-state index in [0.717, 1.165) is 37.4 Å². The lowest BCUT2D eigenvalue weighted by molar-refractivity contribution is 0.0164. The van der Waals surface area contributed by atoms with Gasteiger partial charge < -0.3 is 14.2 Å². The largest absolute Gasteiger partial charge is 0.487 e. The highest BCUT2D eigenvalue weighted by atomic mass is 16.5. The summed E-state index contributed by atoms with van der Waals surface area (Å²) in [6.07, 6.45) is 4.38. The highest BCUT2D eigenvalue weighted by molar-refractivity contribution is 5.91. The number of fused-ring (bicyclic) bond motifs is 1. The van der Waals surface area contributed by atoms with E-state index in [4.69, 9.17) is 4.74 Å². The van der Waals surface area contributed by atoms with Gasteiger partial charge in [0.05, 0.1) is 13.1 Å². The number of ether oxygens (including phenoxy) is 1. The molecule has 0 radical (unpaired) electrons. The summed E-state index contributed by atoms with van der Waals surface area (Å²) < 4.78 is 7.84. The van der Waals surface area contributed by atoms with Crippen LogP contribution in [0.4, 0.5) is 0 Å². The monoisotopic (exact) mass is 312 g/mol.